The highest BCUT2D eigenvalue weighted by atomic mass is 16.3. The molecule has 2 aromatic rings. The van der Waals surface area contributed by atoms with E-state index >= 15 is 0 Å². The average molecular weight is 359 g/mol. The molecule has 0 radical (unpaired) electrons. The van der Waals surface area contributed by atoms with E-state index in [1.165, 1.54) is 19.1 Å². The summed E-state index contributed by atoms with van der Waals surface area (Å²) in [5, 5.41) is 11.7. The van der Waals surface area contributed by atoms with Crippen LogP contribution in [0, 0.1) is 5.92 Å². The number of hydrogen-bond acceptors (Lipinski definition) is 5. The topological polar surface area (TPSA) is 76.2 Å². The highest BCUT2D eigenvalue weighted by Gasteiger charge is 2.24. The maximum Gasteiger partial charge on any atom is 0.287 e. The first-order valence-corrected chi connectivity index (χ1v) is 9.61. The van der Waals surface area contributed by atoms with Gasteiger partial charge < -0.3 is 19.2 Å². The van der Waals surface area contributed by atoms with E-state index in [0.29, 0.717) is 5.76 Å². The van der Waals surface area contributed by atoms with Crippen LogP contribution >= 0.6 is 0 Å². The second kappa shape index (κ2) is 8.49. The van der Waals surface area contributed by atoms with Crippen molar-refractivity contribution in [1.29, 1.82) is 0 Å². The zero-order valence-corrected chi connectivity index (χ0v) is 15.9. The molecule has 1 aliphatic heterocycles. The van der Waals surface area contributed by atoms with Crippen LogP contribution in [0.15, 0.2) is 22.8 Å². The summed E-state index contributed by atoms with van der Waals surface area (Å²) in [6, 6.07) is 3.14. The molecule has 3 rings (SSSR count). The number of aromatic nitrogens is 3. The SMILES string of the molecule is CCC(CC)CN1CCc2nnc([C@@H](C)NC(=O)c3ccco3)n2CC1. The first-order valence-electron chi connectivity index (χ1n) is 9.61. The molecule has 0 aliphatic carbocycles. The first-order chi connectivity index (χ1) is 12.6. The zero-order valence-electron chi connectivity index (χ0n) is 15.9. The lowest BCUT2D eigenvalue weighted by Crippen LogP contribution is -2.32. The molecule has 142 valence electrons. The number of amides is 1. The van der Waals surface area contributed by atoms with Crippen molar-refractivity contribution in [2.75, 3.05) is 19.6 Å². The van der Waals surface area contributed by atoms with E-state index < -0.39 is 0 Å². The lowest BCUT2D eigenvalue weighted by atomic mass is 10.0. The van der Waals surface area contributed by atoms with Crippen molar-refractivity contribution >= 4 is 5.91 Å². The number of fused-ring (bicyclic) bond motifs is 1. The smallest absolute Gasteiger partial charge is 0.287 e. The van der Waals surface area contributed by atoms with Crippen molar-refractivity contribution in [3.05, 3.63) is 35.8 Å². The van der Waals surface area contributed by atoms with Gasteiger partial charge in [-0.05, 0) is 25.0 Å². The summed E-state index contributed by atoms with van der Waals surface area (Å²) >= 11 is 0. The van der Waals surface area contributed by atoms with Gasteiger partial charge >= 0.3 is 0 Å². The van der Waals surface area contributed by atoms with Crippen molar-refractivity contribution in [3.63, 3.8) is 0 Å². The summed E-state index contributed by atoms with van der Waals surface area (Å²) in [5.74, 6) is 2.65. The summed E-state index contributed by atoms with van der Waals surface area (Å²) in [5.41, 5.74) is 0. The molecular weight excluding hydrogens is 330 g/mol. The number of hydrogen-bond donors (Lipinski definition) is 1. The van der Waals surface area contributed by atoms with Crippen LogP contribution in [0.3, 0.4) is 0 Å². The van der Waals surface area contributed by atoms with Crippen LogP contribution in [0.4, 0.5) is 0 Å². The second-order valence-corrected chi connectivity index (χ2v) is 7.03. The van der Waals surface area contributed by atoms with E-state index in [0.717, 1.165) is 50.2 Å². The lowest BCUT2D eigenvalue weighted by molar-refractivity contribution is 0.0909. The minimum atomic E-state index is -0.233. The van der Waals surface area contributed by atoms with E-state index in [1.54, 1.807) is 12.1 Å². The number of carbonyl (C=O) groups is 1. The van der Waals surface area contributed by atoms with E-state index in [2.05, 4.69) is 38.8 Å². The molecule has 1 amide bonds. The number of nitrogens with one attached hydrogen (secondary N) is 1. The summed E-state index contributed by atoms with van der Waals surface area (Å²) in [7, 11) is 0. The Morgan fingerprint density at radius 3 is 2.77 bits per heavy atom. The summed E-state index contributed by atoms with van der Waals surface area (Å²) < 4.78 is 7.32. The third-order valence-corrected chi connectivity index (χ3v) is 5.30. The Hall–Kier alpha value is -2.15. The minimum absolute atomic E-state index is 0.223. The van der Waals surface area contributed by atoms with E-state index in [4.69, 9.17) is 4.42 Å². The van der Waals surface area contributed by atoms with Crippen LogP contribution in [0.1, 0.15) is 61.9 Å². The normalized spacial score (nSPS) is 16.3. The summed E-state index contributed by atoms with van der Waals surface area (Å²) in [6.07, 6.45) is 4.84. The lowest BCUT2D eigenvalue weighted by Gasteiger charge is -2.24. The van der Waals surface area contributed by atoms with E-state index in [9.17, 15) is 4.79 Å². The Labute approximate surface area is 154 Å². The van der Waals surface area contributed by atoms with Gasteiger partial charge in [0, 0.05) is 32.6 Å². The van der Waals surface area contributed by atoms with Gasteiger partial charge in [0.2, 0.25) is 0 Å². The predicted molar refractivity (Wildman–Crippen MR) is 98.8 cm³/mol. The fourth-order valence-electron chi connectivity index (χ4n) is 3.54. The van der Waals surface area contributed by atoms with Gasteiger partial charge in [0.15, 0.2) is 11.6 Å². The summed E-state index contributed by atoms with van der Waals surface area (Å²) in [6.45, 7) is 10.5. The number of furan rings is 1. The van der Waals surface area contributed by atoms with Crippen LogP contribution < -0.4 is 5.32 Å². The molecule has 7 nitrogen and oxygen atoms in total. The van der Waals surface area contributed by atoms with Crippen LogP contribution in [0.5, 0.6) is 0 Å². The molecule has 0 aromatic carbocycles. The van der Waals surface area contributed by atoms with Gasteiger partial charge in [-0.3, -0.25) is 4.79 Å². The highest BCUT2D eigenvalue weighted by Crippen LogP contribution is 2.18. The van der Waals surface area contributed by atoms with Crippen LogP contribution in [-0.4, -0.2) is 45.2 Å². The maximum atomic E-state index is 12.2. The van der Waals surface area contributed by atoms with Gasteiger partial charge in [-0.25, -0.2) is 0 Å². The molecule has 7 heteroatoms. The molecule has 0 spiro atoms. The molecule has 0 saturated carbocycles. The van der Waals surface area contributed by atoms with Gasteiger partial charge in [-0.15, -0.1) is 10.2 Å². The Bertz CT molecular complexity index is 706. The van der Waals surface area contributed by atoms with Gasteiger partial charge in [-0.1, -0.05) is 26.7 Å². The highest BCUT2D eigenvalue weighted by molar-refractivity contribution is 5.91. The molecule has 1 aliphatic rings. The molecule has 0 fully saturated rings. The van der Waals surface area contributed by atoms with E-state index in [-0.39, 0.29) is 11.9 Å². The minimum Gasteiger partial charge on any atom is -0.459 e. The Morgan fingerprint density at radius 1 is 1.27 bits per heavy atom. The molecule has 0 bridgehead atoms. The first kappa shape index (κ1) is 18.6. The molecule has 1 atom stereocenters. The van der Waals surface area contributed by atoms with Crippen molar-refractivity contribution in [3.8, 4) is 0 Å². The van der Waals surface area contributed by atoms with Crippen molar-refractivity contribution in [2.24, 2.45) is 5.92 Å². The predicted octanol–water partition coefficient (Wildman–Crippen LogP) is 2.66. The molecule has 0 saturated heterocycles. The van der Waals surface area contributed by atoms with Crippen molar-refractivity contribution in [2.45, 2.75) is 52.6 Å². The van der Waals surface area contributed by atoms with Crippen molar-refractivity contribution < 1.29 is 9.21 Å². The average Bonchev–Trinajstić information content (AvgIpc) is 3.27. The van der Waals surface area contributed by atoms with Gasteiger partial charge in [0.05, 0.1) is 12.3 Å². The quantitative estimate of drug-likeness (QED) is 0.822. The molecule has 3 heterocycles. The van der Waals surface area contributed by atoms with Crippen LogP contribution in [0.2, 0.25) is 0 Å². The fourth-order valence-corrected chi connectivity index (χ4v) is 3.54. The zero-order chi connectivity index (χ0) is 18.5. The van der Waals surface area contributed by atoms with Gasteiger partial charge in [0.25, 0.3) is 5.91 Å². The van der Waals surface area contributed by atoms with Gasteiger partial charge in [0.1, 0.15) is 5.82 Å². The Kier molecular flexibility index (Phi) is 6.08. The third kappa shape index (κ3) is 4.15. The van der Waals surface area contributed by atoms with E-state index in [1.807, 2.05) is 6.92 Å². The summed E-state index contributed by atoms with van der Waals surface area (Å²) in [4.78, 5) is 14.7. The maximum absolute atomic E-state index is 12.2. The Balaban J connectivity index is 1.65. The monoisotopic (exact) mass is 359 g/mol. The largest absolute Gasteiger partial charge is 0.459 e. The molecule has 1 N–H and O–H groups in total. The molecule has 26 heavy (non-hydrogen) atoms. The Morgan fingerprint density at radius 2 is 2.08 bits per heavy atom. The van der Waals surface area contributed by atoms with Gasteiger partial charge in [-0.2, -0.15) is 0 Å². The molecule has 2 aromatic heterocycles. The standard InChI is InChI=1S/C19H29N5O2/c1-4-15(5-2)13-23-9-8-17-21-22-18(24(17)11-10-23)14(3)20-19(25)16-7-6-12-26-16/h6-7,12,14-15H,4-5,8-11,13H2,1-3H3,(H,20,25)/t14-/m1/s1. The third-order valence-electron chi connectivity index (χ3n) is 5.30. The number of rotatable bonds is 7. The fraction of sp³-hybridized carbons (Fsp3) is 0.632. The molecule has 0 unspecified atom stereocenters. The second-order valence-electron chi connectivity index (χ2n) is 7.03. The van der Waals surface area contributed by atoms with Crippen LogP contribution in [-0.2, 0) is 13.0 Å². The number of nitrogens with zero attached hydrogens (tertiary/aromatic N) is 4. The molecular formula is C19H29N5O2. The van der Waals surface area contributed by atoms with Crippen molar-refractivity contribution in [1.82, 2.24) is 25.0 Å². The van der Waals surface area contributed by atoms with Crippen LogP contribution in [0.25, 0.3) is 0 Å². The number of carbonyl (C=O) groups excluding carboxylic acids is 1.